The van der Waals surface area contributed by atoms with Crippen molar-refractivity contribution >= 4 is 21.9 Å². The van der Waals surface area contributed by atoms with E-state index in [9.17, 15) is 18.0 Å². The Kier molecular flexibility index (Phi) is 5.59. The van der Waals surface area contributed by atoms with E-state index in [0.717, 1.165) is 13.4 Å². The van der Waals surface area contributed by atoms with Crippen LogP contribution in [0.5, 0.6) is 0 Å². The predicted octanol–water partition coefficient (Wildman–Crippen LogP) is 0.445. The van der Waals surface area contributed by atoms with Gasteiger partial charge in [-0.2, -0.15) is 0 Å². The monoisotopic (exact) mass is 281 g/mol. The van der Waals surface area contributed by atoms with Crippen LogP contribution in [-0.2, 0) is 24.1 Å². The lowest BCUT2D eigenvalue weighted by molar-refractivity contribution is -0.140. The van der Waals surface area contributed by atoms with Crippen LogP contribution in [0.25, 0.3) is 0 Å². The average Bonchev–Trinajstić information content (AvgIpc) is 2.11. The molecule has 106 valence electrons. The van der Waals surface area contributed by atoms with Crippen LogP contribution in [0.4, 0.5) is 4.79 Å². The Hall–Kier alpha value is -1.31. The second kappa shape index (κ2) is 6.03. The van der Waals surface area contributed by atoms with E-state index in [4.69, 9.17) is 4.74 Å². The smallest absolute Gasteiger partial charge is 0.408 e. The summed E-state index contributed by atoms with van der Waals surface area (Å²) in [5.41, 5.74) is -0.753. The Morgan fingerprint density at radius 1 is 1.28 bits per heavy atom. The molecule has 0 aliphatic carbocycles. The van der Waals surface area contributed by atoms with Crippen LogP contribution >= 0.6 is 0 Å². The van der Waals surface area contributed by atoms with E-state index in [2.05, 4.69) is 10.1 Å². The molecular weight excluding hydrogens is 262 g/mol. The van der Waals surface area contributed by atoms with Crippen molar-refractivity contribution in [3.63, 3.8) is 0 Å². The van der Waals surface area contributed by atoms with Gasteiger partial charge in [0.2, 0.25) is 0 Å². The molecule has 0 rings (SSSR count). The summed E-state index contributed by atoms with van der Waals surface area (Å²) in [6, 6.07) is 0. The number of ether oxygens (including phenoxy) is 2. The molecular formula is C10H19NO6S. The van der Waals surface area contributed by atoms with E-state index < -0.39 is 39.3 Å². The fourth-order valence-electron chi connectivity index (χ4n) is 0.983. The zero-order chi connectivity index (χ0) is 14.6. The molecule has 18 heavy (non-hydrogen) atoms. The topological polar surface area (TPSA) is 98.8 Å². The standard InChI is InChI=1S/C10H19NO6S/c1-10(2,3)17-9(13)11-7(18(5,14)15)6-8(12)16-4/h7H,6H2,1-5H3,(H,11,13). The van der Waals surface area contributed by atoms with Crippen molar-refractivity contribution in [1.29, 1.82) is 0 Å². The number of amides is 1. The van der Waals surface area contributed by atoms with Crippen LogP contribution in [0.15, 0.2) is 0 Å². The number of hydrogen-bond donors (Lipinski definition) is 1. The normalized spacial score (nSPS) is 13.6. The number of esters is 1. The van der Waals surface area contributed by atoms with Gasteiger partial charge in [-0.1, -0.05) is 0 Å². The summed E-state index contributed by atoms with van der Waals surface area (Å²) in [5.74, 6) is -0.735. The minimum absolute atomic E-state index is 0.464. The maximum absolute atomic E-state index is 11.4. The Morgan fingerprint density at radius 2 is 1.78 bits per heavy atom. The maximum Gasteiger partial charge on any atom is 0.408 e. The molecule has 0 saturated heterocycles. The van der Waals surface area contributed by atoms with Crippen molar-refractivity contribution < 1.29 is 27.5 Å². The molecule has 0 saturated carbocycles. The summed E-state index contributed by atoms with van der Waals surface area (Å²) >= 11 is 0. The van der Waals surface area contributed by atoms with Crippen LogP contribution in [0, 0.1) is 0 Å². The van der Waals surface area contributed by atoms with E-state index >= 15 is 0 Å². The summed E-state index contributed by atoms with van der Waals surface area (Å²) in [7, 11) is -2.50. The first-order valence-electron chi connectivity index (χ1n) is 5.21. The van der Waals surface area contributed by atoms with Gasteiger partial charge in [0.05, 0.1) is 13.5 Å². The Morgan fingerprint density at radius 3 is 2.11 bits per heavy atom. The fourth-order valence-corrected chi connectivity index (χ4v) is 1.73. The molecule has 0 spiro atoms. The minimum Gasteiger partial charge on any atom is -0.469 e. The zero-order valence-electron chi connectivity index (χ0n) is 11.1. The van der Waals surface area contributed by atoms with Crippen molar-refractivity contribution in [2.24, 2.45) is 0 Å². The maximum atomic E-state index is 11.4. The molecule has 1 N–H and O–H groups in total. The predicted molar refractivity (Wildman–Crippen MR) is 64.6 cm³/mol. The SMILES string of the molecule is COC(=O)CC(NC(=O)OC(C)(C)C)S(C)(=O)=O. The third kappa shape index (κ3) is 7.10. The highest BCUT2D eigenvalue weighted by Crippen LogP contribution is 2.09. The molecule has 1 unspecified atom stereocenters. The molecule has 0 aliphatic rings. The van der Waals surface area contributed by atoms with Gasteiger partial charge < -0.3 is 14.8 Å². The number of hydrogen-bond acceptors (Lipinski definition) is 6. The molecule has 0 heterocycles. The van der Waals surface area contributed by atoms with Gasteiger partial charge in [0.15, 0.2) is 9.84 Å². The highest BCUT2D eigenvalue weighted by Gasteiger charge is 2.28. The number of alkyl carbamates (subject to hydrolysis) is 1. The third-order valence-corrected chi connectivity index (χ3v) is 3.09. The highest BCUT2D eigenvalue weighted by atomic mass is 32.2. The summed E-state index contributed by atoms with van der Waals surface area (Å²) in [4.78, 5) is 22.5. The van der Waals surface area contributed by atoms with Crippen molar-refractivity contribution in [2.75, 3.05) is 13.4 Å². The van der Waals surface area contributed by atoms with Crippen LogP contribution in [-0.4, -0.2) is 44.8 Å². The molecule has 7 nitrogen and oxygen atoms in total. The van der Waals surface area contributed by atoms with Gasteiger partial charge in [0, 0.05) is 6.26 Å². The van der Waals surface area contributed by atoms with Crippen LogP contribution in [0.2, 0.25) is 0 Å². The fraction of sp³-hybridized carbons (Fsp3) is 0.800. The lowest BCUT2D eigenvalue weighted by Gasteiger charge is -2.22. The molecule has 8 heteroatoms. The summed E-state index contributed by atoms with van der Waals surface area (Å²) < 4.78 is 32.1. The van der Waals surface area contributed by atoms with Gasteiger partial charge in [-0.25, -0.2) is 13.2 Å². The number of carbonyl (C=O) groups is 2. The second-order valence-corrected chi connectivity index (χ2v) is 6.97. The van der Waals surface area contributed by atoms with Crippen molar-refractivity contribution in [2.45, 2.75) is 38.2 Å². The second-order valence-electron chi connectivity index (χ2n) is 4.74. The lowest BCUT2D eigenvalue weighted by atomic mass is 10.2. The number of nitrogens with one attached hydrogen (secondary N) is 1. The van der Waals surface area contributed by atoms with Crippen molar-refractivity contribution in [3.05, 3.63) is 0 Å². The van der Waals surface area contributed by atoms with E-state index in [0.29, 0.717) is 0 Å². The van der Waals surface area contributed by atoms with E-state index in [-0.39, 0.29) is 0 Å². The first-order chi connectivity index (χ1) is 7.95. The van der Waals surface area contributed by atoms with Crippen LogP contribution < -0.4 is 5.32 Å². The third-order valence-electron chi connectivity index (χ3n) is 1.77. The van der Waals surface area contributed by atoms with Gasteiger partial charge >= 0.3 is 12.1 Å². The van der Waals surface area contributed by atoms with Gasteiger partial charge in [0.25, 0.3) is 0 Å². The summed E-state index contributed by atoms with van der Waals surface area (Å²) in [5, 5.41) is 0.767. The quantitative estimate of drug-likeness (QED) is 0.751. The van der Waals surface area contributed by atoms with Gasteiger partial charge in [-0.05, 0) is 20.8 Å². The van der Waals surface area contributed by atoms with E-state index in [1.165, 1.54) is 0 Å². The van der Waals surface area contributed by atoms with Crippen LogP contribution in [0.3, 0.4) is 0 Å². The van der Waals surface area contributed by atoms with E-state index in [1.54, 1.807) is 20.8 Å². The largest absolute Gasteiger partial charge is 0.469 e. The molecule has 0 radical (unpaired) electrons. The number of carbonyl (C=O) groups excluding carboxylic acids is 2. The number of sulfone groups is 1. The van der Waals surface area contributed by atoms with Gasteiger partial charge in [-0.3, -0.25) is 4.79 Å². The molecule has 0 bridgehead atoms. The number of methoxy groups -OCH3 is 1. The first kappa shape index (κ1) is 16.7. The van der Waals surface area contributed by atoms with Crippen molar-refractivity contribution in [3.8, 4) is 0 Å². The zero-order valence-corrected chi connectivity index (χ0v) is 12.0. The summed E-state index contributed by atoms with van der Waals surface area (Å²) in [6.45, 7) is 4.92. The summed E-state index contributed by atoms with van der Waals surface area (Å²) in [6.07, 6.45) is -0.450. The lowest BCUT2D eigenvalue weighted by Crippen LogP contribution is -2.44. The molecule has 0 aromatic carbocycles. The Balaban J connectivity index is 4.72. The van der Waals surface area contributed by atoms with Crippen LogP contribution in [0.1, 0.15) is 27.2 Å². The number of rotatable bonds is 4. The van der Waals surface area contributed by atoms with Gasteiger partial charge in [0.1, 0.15) is 11.0 Å². The molecule has 0 fully saturated rings. The van der Waals surface area contributed by atoms with Crippen molar-refractivity contribution in [1.82, 2.24) is 5.32 Å². The molecule has 0 aliphatic heterocycles. The molecule has 0 aromatic heterocycles. The average molecular weight is 281 g/mol. The molecule has 1 atom stereocenters. The Bertz CT molecular complexity index is 409. The van der Waals surface area contributed by atoms with Gasteiger partial charge in [-0.15, -0.1) is 0 Å². The first-order valence-corrected chi connectivity index (χ1v) is 7.16. The Labute approximate surface area is 107 Å². The molecule has 1 amide bonds. The van der Waals surface area contributed by atoms with E-state index in [1.807, 2.05) is 0 Å². The minimum atomic E-state index is -3.63. The molecule has 0 aromatic rings. The highest BCUT2D eigenvalue weighted by molar-refractivity contribution is 7.91.